The van der Waals surface area contributed by atoms with E-state index in [1.165, 1.54) is 57.8 Å². The molecular weight excluding hydrogens is 448 g/mol. The third-order valence-corrected chi connectivity index (χ3v) is 6.94. The number of hydrogen-bond donors (Lipinski definition) is 0. The Hall–Kier alpha value is -2.49. The highest BCUT2D eigenvalue weighted by atomic mass is 16.5. The Morgan fingerprint density at radius 2 is 1.14 bits per heavy atom. The van der Waals surface area contributed by atoms with Gasteiger partial charge in [-0.25, -0.2) is 4.79 Å². The monoisotopic (exact) mass is 494 g/mol. The summed E-state index contributed by atoms with van der Waals surface area (Å²) >= 11 is 0. The maximum absolute atomic E-state index is 11.6. The molecule has 0 aromatic heterocycles. The van der Waals surface area contributed by atoms with E-state index in [1.54, 1.807) is 0 Å². The summed E-state index contributed by atoms with van der Waals surface area (Å²) in [5.41, 5.74) is 0.866. The summed E-state index contributed by atoms with van der Waals surface area (Å²) in [6.45, 7) is 4.34. The van der Waals surface area contributed by atoms with E-state index in [1.807, 2.05) is 6.08 Å². The summed E-state index contributed by atoms with van der Waals surface area (Å²) in [7, 11) is 0. The zero-order valence-electron chi connectivity index (χ0n) is 22.4. The first-order valence-corrected chi connectivity index (χ1v) is 14.4. The van der Waals surface area contributed by atoms with Gasteiger partial charge in [-0.1, -0.05) is 101 Å². The molecule has 1 aliphatic rings. The molecular formula is C32H46O4. The lowest BCUT2D eigenvalue weighted by Gasteiger charge is -2.13. The molecule has 0 radical (unpaired) electrons. The number of allylic oxidation sites excluding steroid dienone is 1. The molecule has 2 aromatic rings. The van der Waals surface area contributed by atoms with Gasteiger partial charge in [0.2, 0.25) is 0 Å². The van der Waals surface area contributed by atoms with Gasteiger partial charge in [-0.2, -0.15) is 0 Å². The van der Waals surface area contributed by atoms with Gasteiger partial charge >= 0.3 is 5.97 Å². The van der Waals surface area contributed by atoms with Gasteiger partial charge in [0.15, 0.2) is 0 Å². The molecule has 36 heavy (non-hydrogen) atoms. The minimum Gasteiger partial charge on any atom is -0.493 e. The summed E-state index contributed by atoms with van der Waals surface area (Å²) in [5, 5.41) is 2.28. The first kappa shape index (κ1) is 28.1. The molecule has 0 amide bonds. The van der Waals surface area contributed by atoms with Crippen molar-refractivity contribution in [1.29, 1.82) is 0 Å². The van der Waals surface area contributed by atoms with Crippen molar-refractivity contribution in [2.45, 2.75) is 103 Å². The molecule has 0 aliphatic heterocycles. The fourth-order valence-electron chi connectivity index (χ4n) is 4.57. The molecule has 1 aliphatic carbocycles. The maximum Gasteiger partial charge on any atom is 0.333 e. The summed E-state index contributed by atoms with van der Waals surface area (Å²) in [5.74, 6) is 1.82. The number of hydrogen-bond acceptors (Lipinski definition) is 4. The van der Waals surface area contributed by atoms with Gasteiger partial charge in [0, 0.05) is 16.3 Å². The van der Waals surface area contributed by atoms with Crippen LogP contribution in [0.3, 0.4) is 0 Å². The number of ether oxygens (including phenoxy) is 3. The molecule has 0 N–H and O–H groups in total. The Labute approximate surface area is 218 Å². The number of esters is 1. The number of carbonyl (C=O) groups is 1. The van der Waals surface area contributed by atoms with Gasteiger partial charge in [0.1, 0.15) is 11.5 Å². The van der Waals surface area contributed by atoms with Crippen molar-refractivity contribution in [1.82, 2.24) is 0 Å². The predicted molar refractivity (Wildman–Crippen MR) is 149 cm³/mol. The number of carbonyl (C=O) groups excluding carboxylic acids is 1. The molecule has 0 atom stereocenters. The minimum atomic E-state index is -0.0994. The number of fused-ring (bicyclic) bond motifs is 1. The van der Waals surface area contributed by atoms with E-state index in [0.29, 0.717) is 6.61 Å². The van der Waals surface area contributed by atoms with Crippen LogP contribution in [0.5, 0.6) is 11.5 Å². The van der Waals surface area contributed by atoms with E-state index in [0.717, 1.165) is 79.6 Å². The molecule has 4 heteroatoms. The number of benzene rings is 2. The Morgan fingerprint density at radius 3 is 1.61 bits per heavy atom. The van der Waals surface area contributed by atoms with Crippen molar-refractivity contribution in [3.05, 3.63) is 48.0 Å². The van der Waals surface area contributed by atoms with Gasteiger partial charge < -0.3 is 14.2 Å². The Bertz CT molecular complexity index is 933. The molecule has 0 saturated carbocycles. The standard InChI is InChI=1S/C32H46O4/c1-2-3-4-12-24-34-30-22-16-21-29-28(30)20-17-23-31(29)35-25-13-10-8-6-5-7-9-11-14-26-36-32(33)27-18-15-19-27/h16-18,20-23H,2-15,19,24-26H2,1H3. The van der Waals surface area contributed by atoms with Crippen LogP contribution in [0.25, 0.3) is 10.8 Å². The van der Waals surface area contributed by atoms with Crippen LogP contribution in [0.15, 0.2) is 48.0 Å². The lowest BCUT2D eigenvalue weighted by Crippen LogP contribution is -2.12. The van der Waals surface area contributed by atoms with Crippen LogP contribution in [0.2, 0.25) is 0 Å². The SMILES string of the molecule is CCCCCCOc1cccc2c(OCCCCCCCCCCCOC(=O)C3=CCC3)cccc12. The van der Waals surface area contributed by atoms with E-state index in [2.05, 4.69) is 43.3 Å². The lowest BCUT2D eigenvalue weighted by atomic mass is 10.00. The predicted octanol–water partition coefficient (Wildman–Crippen LogP) is 8.95. The largest absolute Gasteiger partial charge is 0.493 e. The van der Waals surface area contributed by atoms with Crippen LogP contribution >= 0.6 is 0 Å². The molecule has 4 nitrogen and oxygen atoms in total. The van der Waals surface area contributed by atoms with Crippen LogP contribution in [-0.2, 0) is 9.53 Å². The van der Waals surface area contributed by atoms with Crippen LogP contribution in [-0.4, -0.2) is 25.8 Å². The average Bonchev–Trinajstić information content (AvgIpc) is 2.86. The Kier molecular flexibility index (Phi) is 13.3. The first-order chi connectivity index (χ1) is 17.8. The second-order valence-corrected chi connectivity index (χ2v) is 9.95. The first-order valence-electron chi connectivity index (χ1n) is 14.4. The van der Waals surface area contributed by atoms with Crippen molar-refractivity contribution < 1.29 is 19.0 Å². The van der Waals surface area contributed by atoms with E-state index < -0.39 is 0 Å². The smallest absolute Gasteiger partial charge is 0.333 e. The van der Waals surface area contributed by atoms with Crippen molar-refractivity contribution in [3.8, 4) is 11.5 Å². The van der Waals surface area contributed by atoms with Crippen molar-refractivity contribution in [2.24, 2.45) is 0 Å². The normalized spacial score (nSPS) is 12.8. The van der Waals surface area contributed by atoms with Crippen molar-refractivity contribution >= 4 is 16.7 Å². The van der Waals surface area contributed by atoms with Crippen LogP contribution < -0.4 is 9.47 Å². The number of unbranched alkanes of at least 4 members (excludes halogenated alkanes) is 11. The molecule has 0 saturated heterocycles. The van der Waals surface area contributed by atoms with Gasteiger partial charge in [-0.05, 0) is 44.2 Å². The average molecular weight is 495 g/mol. The van der Waals surface area contributed by atoms with Gasteiger partial charge in [-0.3, -0.25) is 0 Å². The molecule has 0 bridgehead atoms. The molecule has 3 rings (SSSR count). The third-order valence-electron chi connectivity index (χ3n) is 6.94. The highest BCUT2D eigenvalue weighted by Crippen LogP contribution is 2.32. The molecule has 0 fully saturated rings. The number of rotatable bonds is 20. The van der Waals surface area contributed by atoms with Crippen LogP contribution in [0.1, 0.15) is 103 Å². The second-order valence-electron chi connectivity index (χ2n) is 9.95. The molecule has 0 heterocycles. The highest BCUT2D eigenvalue weighted by molar-refractivity contribution is 5.93. The summed E-state index contributed by atoms with van der Waals surface area (Å²) in [6, 6.07) is 12.5. The lowest BCUT2D eigenvalue weighted by molar-refractivity contribution is -0.139. The Morgan fingerprint density at radius 1 is 0.667 bits per heavy atom. The molecule has 0 unspecified atom stereocenters. The van der Waals surface area contributed by atoms with Gasteiger partial charge in [0.05, 0.1) is 19.8 Å². The van der Waals surface area contributed by atoms with E-state index in [-0.39, 0.29) is 5.97 Å². The van der Waals surface area contributed by atoms with Gasteiger partial charge in [0.25, 0.3) is 0 Å². The summed E-state index contributed by atoms with van der Waals surface area (Å²) in [6.07, 6.45) is 19.5. The summed E-state index contributed by atoms with van der Waals surface area (Å²) in [4.78, 5) is 11.6. The van der Waals surface area contributed by atoms with Crippen molar-refractivity contribution in [3.63, 3.8) is 0 Å². The zero-order valence-corrected chi connectivity index (χ0v) is 22.4. The second kappa shape index (κ2) is 17.1. The summed E-state index contributed by atoms with van der Waals surface area (Å²) < 4.78 is 17.5. The Balaban J connectivity index is 1.21. The van der Waals surface area contributed by atoms with Crippen molar-refractivity contribution in [2.75, 3.05) is 19.8 Å². The molecule has 2 aromatic carbocycles. The van der Waals surface area contributed by atoms with E-state index >= 15 is 0 Å². The zero-order chi connectivity index (χ0) is 25.3. The maximum atomic E-state index is 11.6. The minimum absolute atomic E-state index is 0.0994. The fourth-order valence-corrected chi connectivity index (χ4v) is 4.57. The van der Waals surface area contributed by atoms with E-state index in [9.17, 15) is 4.79 Å². The van der Waals surface area contributed by atoms with Gasteiger partial charge in [-0.15, -0.1) is 0 Å². The topological polar surface area (TPSA) is 44.8 Å². The van der Waals surface area contributed by atoms with Crippen LogP contribution in [0.4, 0.5) is 0 Å². The fraction of sp³-hybridized carbons (Fsp3) is 0.594. The third kappa shape index (κ3) is 9.87. The molecule has 0 spiro atoms. The van der Waals surface area contributed by atoms with Crippen LogP contribution in [0, 0.1) is 0 Å². The quantitative estimate of drug-likeness (QED) is 0.136. The highest BCUT2D eigenvalue weighted by Gasteiger charge is 2.15. The molecule has 198 valence electrons. The van der Waals surface area contributed by atoms with E-state index in [4.69, 9.17) is 14.2 Å².